The van der Waals surface area contributed by atoms with Crippen LogP contribution in [-0.2, 0) is 0 Å². The van der Waals surface area contributed by atoms with Gasteiger partial charge in [-0.15, -0.1) is 10.2 Å². The van der Waals surface area contributed by atoms with E-state index in [4.69, 9.17) is 0 Å². The fourth-order valence-electron chi connectivity index (χ4n) is 3.32. The monoisotopic (exact) mass is 301 g/mol. The summed E-state index contributed by atoms with van der Waals surface area (Å²) < 4.78 is 1.63. The van der Waals surface area contributed by atoms with Crippen LogP contribution in [0.2, 0.25) is 0 Å². The summed E-state index contributed by atoms with van der Waals surface area (Å²) >= 11 is 0. The fourth-order valence-corrected chi connectivity index (χ4v) is 3.32. The Bertz CT molecular complexity index is 729. The van der Waals surface area contributed by atoms with Gasteiger partial charge in [-0.25, -0.2) is 4.98 Å². The Morgan fingerprint density at radius 2 is 2.05 bits per heavy atom. The van der Waals surface area contributed by atoms with E-state index in [1.165, 1.54) is 0 Å². The van der Waals surface area contributed by atoms with Gasteiger partial charge >= 0.3 is 0 Å². The molecule has 7 heteroatoms. The topological polar surface area (TPSA) is 83.6 Å². The lowest BCUT2D eigenvalue weighted by Crippen LogP contribution is -2.42. The van der Waals surface area contributed by atoms with Crippen molar-refractivity contribution in [1.82, 2.24) is 24.5 Å². The zero-order chi connectivity index (χ0) is 15.3. The molecule has 2 aromatic rings. The number of hydrogen-bond acceptors (Lipinski definition) is 5. The Kier molecular flexibility index (Phi) is 2.94. The largest absolute Gasteiger partial charge is 0.390 e. The summed E-state index contributed by atoms with van der Waals surface area (Å²) in [6.45, 7) is 3.21. The van der Waals surface area contributed by atoms with Crippen molar-refractivity contribution >= 4 is 11.7 Å². The van der Waals surface area contributed by atoms with Crippen LogP contribution in [-0.4, -0.2) is 54.2 Å². The average Bonchev–Trinajstić information content (AvgIpc) is 3.14. The van der Waals surface area contributed by atoms with Gasteiger partial charge in [0, 0.05) is 25.0 Å². The normalized spacial score (nSPS) is 21.3. The lowest BCUT2D eigenvalue weighted by Gasteiger charge is -2.34. The van der Waals surface area contributed by atoms with Gasteiger partial charge < -0.3 is 10.0 Å². The molecule has 0 bridgehead atoms. The van der Waals surface area contributed by atoms with Gasteiger partial charge in [-0.1, -0.05) is 0 Å². The second-order valence-corrected chi connectivity index (χ2v) is 6.43. The maximum atomic E-state index is 12.6. The van der Waals surface area contributed by atoms with Crippen molar-refractivity contribution in [2.75, 3.05) is 13.1 Å². The number of piperidine rings is 1. The van der Waals surface area contributed by atoms with E-state index >= 15 is 0 Å². The predicted octanol–water partition coefficient (Wildman–Crippen LogP) is 0.810. The molecular formula is C15H19N5O2. The van der Waals surface area contributed by atoms with E-state index in [1.54, 1.807) is 15.5 Å². The quantitative estimate of drug-likeness (QED) is 0.887. The first-order valence-corrected chi connectivity index (χ1v) is 7.77. The standard InChI is InChI=1S/C15H19N5O2/c1-10-2-9-20-12(17-18-14(20)16-10)13(21)19-7-3-11(4-8-19)15(22)5-6-15/h2,9,11,22H,3-8H2,1H3. The minimum absolute atomic E-state index is 0.112. The SMILES string of the molecule is Cc1ccn2c(C(=O)N3CCC(C4(O)CC4)CC3)nnc2n1. The minimum Gasteiger partial charge on any atom is -0.390 e. The zero-order valence-electron chi connectivity index (χ0n) is 12.6. The van der Waals surface area contributed by atoms with E-state index in [2.05, 4.69) is 15.2 Å². The molecule has 0 aromatic carbocycles. The molecule has 4 rings (SSSR count). The van der Waals surface area contributed by atoms with Gasteiger partial charge in [0.25, 0.3) is 11.7 Å². The molecule has 3 heterocycles. The fraction of sp³-hybridized carbons (Fsp3) is 0.600. The summed E-state index contributed by atoms with van der Waals surface area (Å²) in [5.74, 6) is 0.979. The summed E-state index contributed by atoms with van der Waals surface area (Å²) in [7, 11) is 0. The Hall–Kier alpha value is -2.02. The van der Waals surface area contributed by atoms with Crippen LogP contribution in [0.25, 0.3) is 5.78 Å². The Labute approximate surface area is 128 Å². The highest BCUT2D eigenvalue weighted by Gasteiger charge is 2.48. The molecule has 2 aliphatic rings. The third kappa shape index (κ3) is 2.16. The molecule has 7 nitrogen and oxygen atoms in total. The van der Waals surface area contributed by atoms with Gasteiger partial charge in [0.15, 0.2) is 0 Å². The Morgan fingerprint density at radius 1 is 1.32 bits per heavy atom. The number of carbonyl (C=O) groups excluding carboxylic acids is 1. The van der Waals surface area contributed by atoms with E-state index in [1.807, 2.05) is 13.0 Å². The second kappa shape index (κ2) is 4.74. The molecule has 1 N–H and O–H groups in total. The molecule has 0 unspecified atom stereocenters. The summed E-state index contributed by atoms with van der Waals surface area (Å²) in [4.78, 5) is 18.7. The van der Waals surface area contributed by atoms with Crippen LogP contribution < -0.4 is 0 Å². The molecule has 0 radical (unpaired) electrons. The van der Waals surface area contributed by atoms with Gasteiger partial charge in [-0.05, 0) is 44.6 Å². The van der Waals surface area contributed by atoms with Crippen molar-refractivity contribution in [2.45, 2.75) is 38.2 Å². The summed E-state index contributed by atoms with van der Waals surface area (Å²) in [5.41, 5.74) is 0.399. The number of rotatable bonds is 2. The average molecular weight is 301 g/mol. The molecule has 1 aliphatic carbocycles. The van der Waals surface area contributed by atoms with E-state index in [9.17, 15) is 9.90 Å². The number of likely N-dealkylation sites (tertiary alicyclic amines) is 1. The molecule has 2 aromatic heterocycles. The third-order valence-corrected chi connectivity index (χ3v) is 4.91. The minimum atomic E-state index is -0.446. The van der Waals surface area contributed by atoms with Crippen LogP contribution in [0, 0.1) is 12.8 Å². The third-order valence-electron chi connectivity index (χ3n) is 4.91. The predicted molar refractivity (Wildman–Crippen MR) is 78.3 cm³/mol. The number of carbonyl (C=O) groups is 1. The van der Waals surface area contributed by atoms with E-state index in [0.29, 0.717) is 30.6 Å². The number of hydrogen-bond donors (Lipinski definition) is 1. The van der Waals surface area contributed by atoms with Crippen molar-refractivity contribution in [3.05, 3.63) is 23.8 Å². The van der Waals surface area contributed by atoms with E-state index < -0.39 is 5.60 Å². The summed E-state index contributed by atoms with van der Waals surface area (Å²) in [6, 6.07) is 1.84. The van der Waals surface area contributed by atoms with E-state index in [-0.39, 0.29) is 5.91 Å². The van der Waals surface area contributed by atoms with Crippen LogP contribution in [0.5, 0.6) is 0 Å². The summed E-state index contributed by atoms with van der Waals surface area (Å²) in [5, 5.41) is 18.2. The van der Waals surface area contributed by atoms with Gasteiger partial charge in [-0.2, -0.15) is 0 Å². The highest BCUT2D eigenvalue weighted by molar-refractivity contribution is 5.91. The highest BCUT2D eigenvalue weighted by atomic mass is 16.3. The molecule has 22 heavy (non-hydrogen) atoms. The van der Waals surface area contributed by atoms with Gasteiger partial charge in [0.05, 0.1) is 5.60 Å². The molecule has 2 fully saturated rings. The summed E-state index contributed by atoms with van der Waals surface area (Å²) in [6.07, 6.45) is 5.31. The molecule has 1 aliphatic heterocycles. The maximum Gasteiger partial charge on any atom is 0.292 e. The number of aromatic nitrogens is 4. The number of fused-ring (bicyclic) bond motifs is 1. The van der Waals surface area contributed by atoms with Crippen molar-refractivity contribution < 1.29 is 9.90 Å². The second-order valence-electron chi connectivity index (χ2n) is 6.43. The van der Waals surface area contributed by atoms with Gasteiger partial charge in [0.1, 0.15) is 0 Å². The van der Waals surface area contributed by atoms with E-state index in [0.717, 1.165) is 31.4 Å². The first-order valence-electron chi connectivity index (χ1n) is 7.77. The molecule has 0 spiro atoms. The lowest BCUT2D eigenvalue weighted by atomic mass is 9.89. The molecule has 1 amide bonds. The van der Waals surface area contributed by atoms with Crippen molar-refractivity contribution in [1.29, 1.82) is 0 Å². The van der Waals surface area contributed by atoms with Crippen molar-refractivity contribution in [3.63, 3.8) is 0 Å². The molecule has 1 saturated heterocycles. The Morgan fingerprint density at radius 3 is 2.73 bits per heavy atom. The first kappa shape index (κ1) is 13.6. The highest BCUT2D eigenvalue weighted by Crippen LogP contribution is 2.46. The van der Waals surface area contributed by atoms with Crippen LogP contribution in [0.3, 0.4) is 0 Å². The number of amides is 1. The smallest absolute Gasteiger partial charge is 0.292 e. The Balaban J connectivity index is 1.52. The van der Waals surface area contributed by atoms with Crippen LogP contribution >= 0.6 is 0 Å². The maximum absolute atomic E-state index is 12.6. The molecular weight excluding hydrogens is 282 g/mol. The van der Waals surface area contributed by atoms with Crippen molar-refractivity contribution in [2.24, 2.45) is 5.92 Å². The number of aryl methyl sites for hydroxylation is 1. The number of aliphatic hydroxyl groups is 1. The number of nitrogens with zero attached hydrogens (tertiary/aromatic N) is 5. The van der Waals surface area contributed by atoms with Crippen LogP contribution in [0.15, 0.2) is 12.3 Å². The molecule has 1 saturated carbocycles. The van der Waals surface area contributed by atoms with Crippen LogP contribution in [0.1, 0.15) is 42.0 Å². The van der Waals surface area contributed by atoms with Gasteiger partial charge in [0.2, 0.25) is 5.82 Å². The van der Waals surface area contributed by atoms with Crippen LogP contribution in [0.4, 0.5) is 0 Å². The van der Waals surface area contributed by atoms with Crippen molar-refractivity contribution in [3.8, 4) is 0 Å². The molecule has 116 valence electrons. The molecule has 0 atom stereocenters. The zero-order valence-corrected chi connectivity index (χ0v) is 12.6. The first-order chi connectivity index (χ1) is 10.6. The lowest BCUT2D eigenvalue weighted by molar-refractivity contribution is 0.0334. The van der Waals surface area contributed by atoms with Gasteiger partial charge in [-0.3, -0.25) is 9.20 Å².